The van der Waals surface area contributed by atoms with Crippen LogP contribution in [0, 0.1) is 0 Å². The van der Waals surface area contributed by atoms with Crippen LogP contribution in [0.2, 0.25) is 0 Å². The van der Waals surface area contributed by atoms with Crippen LogP contribution in [0.15, 0.2) is 11.1 Å². The Morgan fingerprint density at radius 1 is 1.20 bits per heavy atom. The van der Waals surface area contributed by atoms with Crippen molar-refractivity contribution in [1.29, 1.82) is 0 Å². The number of aromatic amines is 1. The molecule has 24 heteroatoms. The molecule has 3 heterocycles. The van der Waals surface area contributed by atoms with E-state index in [2.05, 4.69) is 28.1 Å². The van der Waals surface area contributed by atoms with Crippen LogP contribution in [0.5, 0.6) is 0 Å². The molecule has 2 unspecified atom stereocenters. The Kier molecular flexibility index (Phi) is 7.14. The van der Waals surface area contributed by atoms with Crippen LogP contribution in [0.1, 0.15) is 0 Å². The van der Waals surface area contributed by atoms with Gasteiger partial charge in [-0.25, -0.2) is 18.7 Å². The van der Waals surface area contributed by atoms with E-state index < -0.39 is 77.2 Å². The molecule has 11 N–H and O–H groups in total. The number of nitrogens with zero attached hydrogens (tertiary/aromatic N) is 3. The largest absolute Gasteiger partial charge is 0.490 e. The summed E-state index contributed by atoms with van der Waals surface area (Å²) in [5.41, 5.74) is 6.50. The topological polar surface area (TPSA) is 342 Å². The Bertz CT molecular complexity index is 1350. The van der Waals surface area contributed by atoms with E-state index in [1.165, 1.54) is 0 Å². The average molecular weight is 566 g/mol. The number of aliphatic hydroxyl groups excluding tert-OH is 2. The molecule has 3 rings (SSSR count). The minimum absolute atomic E-state index is 0.373. The van der Waals surface area contributed by atoms with Gasteiger partial charge in [0.05, 0.1) is 6.61 Å². The first-order valence-corrected chi connectivity index (χ1v) is 13.3. The summed E-state index contributed by atoms with van der Waals surface area (Å²) in [7, 11) is -17.1. The summed E-state index contributed by atoms with van der Waals surface area (Å²) in [6.07, 6.45) is -5.39. The maximum absolute atomic E-state index is 12.4. The van der Waals surface area contributed by atoms with Crippen molar-refractivity contribution in [2.75, 3.05) is 12.3 Å². The summed E-state index contributed by atoms with van der Waals surface area (Å²) < 4.78 is 51.4. The van der Waals surface area contributed by atoms with Gasteiger partial charge in [0, 0.05) is 0 Å². The zero-order chi connectivity index (χ0) is 26.6. The van der Waals surface area contributed by atoms with E-state index >= 15 is 0 Å². The lowest BCUT2D eigenvalue weighted by Gasteiger charge is -2.30. The van der Waals surface area contributed by atoms with Crippen LogP contribution in [-0.4, -0.2) is 80.1 Å². The molecule has 2 aromatic rings. The molecule has 0 saturated carbocycles. The van der Waals surface area contributed by atoms with Crippen LogP contribution in [0.3, 0.4) is 0 Å². The Hall–Kier alpha value is -2.09. The van der Waals surface area contributed by atoms with E-state index in [9.17, 15) is 38.4 Å². The highest BCUT2D eigenvalue weighted by Gasteiger charge is 2.61. The number of fused-ring (bicyclic) bond motifs is 1. The zero-order valence-corrected chi connectivity index (χ0v) is 19.4. The highest BCUT2D eigenvalue weighted by Crippen LogP contribution is 2.66. The molecule has 2 aromatic heterocycles. The minimum atomic E-state index is -5.83. The van der Waals surface area contributed by atoms with Gasteiger partial charge in [0.25, 0.3) is 17.2 Å². The number of aliphatic hydroxyl groups is 2. The molecule has 0 spiro atoms. The lowest BCUT2D eigenvalue weighted by atomic mass is 10.0. The molecule has 0 bridgehead atoms. The molecule has 1 saturated heterocycles. The number of primary amides is 1. The van der Waals surface area contributed by atoms with Crippen molar-refractivity contribution in [1.82, 2.24) is 19.5 Å². The van der Waals surface area contributed by atoms with Crippen LogP contribution in [-0.2, 0) is 42.1 Å². The second-order valence-electron chi connectivity index (χ2n) is 6.78. The molecule has 0 aromatic carbocycles. The van der Waals surface area contributed by atoms with Gasteiger partial charge in [-0.1, -0.05) is 0 Å². The van der Waals surface area contributed by atoms with E-state index in [1.807, 2.05) is 0 Å². The van der Waals surface area contributed by atoms with Gasteiger partial charge in [0.15, 0.2) is 11.2 Å². The Morgan fingerprint density at radius 3 is 2.40 bits per heavy atom. The van der Waals surface area contributed by atoms with Gasteiger partial charge in [0.2, 0.25) is 5.95 Å². The number of carbonyl (C=O) groups is 1. The maximum Gasteiger partial charge on any atom is 0.490 e. The van der Waals surface area contributed by atoms with Crippen molar-refractivity contribution in [3.05, 3.63) is 16.7 Å². The van der Waals surface area contributed by atoms with Crippen molar-refractivity contribution < 1.29 is 66.2 Å². The molecule has 0 aliphatic carbocycles. The number of carbonyl (C=O) groups excluding carboxylic acids is 1. The molecular formula is C11H17N6O15P3. The van der Waals surface area contributed by atoms with Gasteiger partial charge in [-0.2, -0.15) is 13.6 Å². The number of hydrogen-bond donors (Lipinski definition) is 9. The zero-order valence-electron chi connectivity index (χ0n) is 16.7. The number of nitrogens with one attached hydrogen (secondary N) is 1. The lowest BCUT2D eigenvalue weighted by Crippen LogP contribution is -2.54. The Morgan fingerprint density at radius 2 is 1.83 bits per heavy atom. The van der Waals surface area contributed by atoms with E-state index in [-0.39, 0.29) is 5.52 Å². The third-order valence-corrected chi connectivity index (χ3v) is 8.19. The summed E-state index contributed by atoms with van der Waals surface area (Å²) in [5, 5.41) is 20.9. The van der Waals surface area contributed by atoms with Crippen molar-refractivity contribution in [2.45, 2.75) is 24.0 Å². The van der Waals surface area contributed by atoms with Crippen LogP contribution in [0.25, 0.3) is 11.2 Å². The molecule has 21 nitrogen and oxygen atoms in total. The van der Waals surface area contributed by atoms with Gasteiger partial charge < -0.3 is 46.0 Å². The van der Waals surface area contributed by atoms with Gasteiger partial charge in [-0.05, 0) is 0 Å². The first-order valence-electron chi connectivity index (χ1n) is 8.74. The van der Waals surface area contributed by atoms with Crippen LogP contribution in [0.4, 0.5) is 5.95 Å². The van der Waals surface area contributed by atoms with E-state index in [0.717, 1.165) is 6.33 Å². The molecule has 0 radical (unpaired) electrons. The minimum Gasteiger partial charge on any atom is -0.387 e. The summed E-state index contributed by atoms with van der Waals surface area (Å²) >= 11 is 0. The van der Waals surface area contributed by atoms with Gasteiger partial charge in [-0.15, -0.1) is 0 Å². The number of ether oxygens (including phenoxy) is 1. The first-order chi connectivity index (χ1) is 15.9. The van der Waals surface area contributed by atoms with Crippen molar-refractivity contribution in [3.63, 3.8) is 0 Å². The van der Waals surface area contributed by atoms with Gasteiger partial charge in [0.1, 0.15) is 24.6 Å². The third kappa shape index (κ3) is 5.52. The monoisotopic (exact) mass is 566 g/mol. The lowest BCUT2D eigenvalue weighted by molar-refractivity contribution is -0.172. The number of imidazole rings is 1. The molecule has 1 aliphatic rings. The second-order valence-corrected chi connectivity index (χ2v) is 11.2. The molecule has 1 fully saturated rings. The van der Waals surface area contributed by atoms with Crippen molar-refractivity contribution in [3.8, 4) is 0 Å². The van der Waals surface area contributed by atoms with E-state index in [1.54, 1.807) is 0 Å². The fourth-order valence-electron chi connectivity index (χ4n) is 3.10. The smallest absolute Gasteiger partial charge is 0.387 e. The normalized spacial score (nSPS) is 28.6. The number of H-pyrrole nitrogens is 1. The second kappa shape index (κ2) is 9.09. The molecule has 6 atom stereocenters. The predicted octanol–water partition coefficient (Wildman–Crippen LogP) is -3.70. The Balaban J connectivity index is 1.89. The highest BCUT2D eigenvalue weighted by atomic mass is 31.3. The number of rotatable bonds is 9. The van der Waals surface area contributed by atoms with E-state index in [0.29, 0.717) is 4.57 Å². The Labute approximate surface area is 191 Å². The molecular weight excluding hydrogens is 549 g/mol. The van der Waals surface area contributed by atoms with Gasteiger partial charge >= 0.3 is 23.5 Å². The van der Waals surface area contributed by atoms with E-state index in [4.69, 9.17) is 30.9 Å². The average Bonchev–Trinajstić information content (AvgIpc) is 3.18. The fourth-order valence-corrected chi connectivity index (χ4v) is 6.13. The fraction of sp³-hybridized carbons (Fsp3) is 0.455. The van der Waals surface area contributed by atoms with Crippen molar-refractivity contribution in [2.24, 2.45) is 5.73 Å². The standard InChI is InChI=1S/C11H17N6O15P3/c12-9(21)11(17-2-14-4-7(17)15-10(13)16-8(4)20)6(19)5(18)3(30-11)1-29-34(25,26)32-35(27,28)31-33(22,23)24/h2-3,5-6,18-19H,1H2,(H2,12,21)(H,25,26)(H,27,28)(H2,22,23,24)(H3,13,15,16,20)/t3-,5-,6-,11+/m1/s1. The first kappa shape index (κ1) is 27.5. The molecule has 1 aliphatic heterocycles. The SMILES string of the molecule is NC(=O)[C@@]1(n2cnc3c(=O)[nH]c(N)nc32)O[C@H](COP(=O)(O)OP(=O)(O)OP(=O)(O)O)[C@@H](O)[C@H]1O. The predicted molar refractivity (Wildman–Crippen MR) is 106 cm³/mol. The number of nitrogens with two attached hydrogens (primary N) is 2. The van der Waals surface area contributed by atoms with Gasteiger partial charge in [-0.3, -0.25) is 23.7 Å². The number of nitrogen functional groups attached to an aromatic ring is 1. The number of hydrogen-bond acceptors (Lipinski definition) is 14. The summed E-state index contributed by atoms with van der Waals surface area (Å²) in [5.74, 6) is -1.88. The molecule has 1 amide bonds. The molecule has 35 heavy (non-hydrogen) atoms. The quantitative estimate of drug-likeness (QED) is 0.132. The van der Waals surface area contributed by atoms with Crippen molar-refractivity contribution >= 4 is 46.5 Å². The summed E-state index contributed by atoms with van der Waals surface area (Å²) in [6.45, 7) is -1.24. The third-order valence-electron chi connectivity index (χ3n) is 4.39. The number of amides is 1. The summed E-state index contributed by atoms with van der Waals surface area (Å²) in [4.78, 5) is 69.8. The number of anilines is 1. The maximum atomic E-state index is 12.4. The number of phosphoric ester groups is 1. The number of aromatic nitrogens is 4. The summed E-state index contributed by atoms with van der Waals surface area (Å²) in [6, 6.07) is 0. The molecule has 196 valence electrons. The van der Waals surface area contributed by atoms with Crippen LogP contribution < -0.4 is 17.0 Å². The van der Waals surface area contributed by atoms with Crippen LogP contribution >= 0.6 is 23.5 Å². The highest BCUT2D eigenvalue weighted by molar-refractivity contribution is 7.66. The number of phosphoric acid groups is 3.